The minimum atomic E-state index is -3.47. The van der Waals surface area contributed by atoms with Gasteiger partial charge in [0.2, 0.25) is 15.9 Å². The highest BCUT2D eigenvalue weighted by Crippen LogP contribution is 2.23. The number of nitrogens with zero attached hydrogens (tertiary/aromatic N) is 1. The van der Waals surface area contributed by atoms with Crippen LogP contribution in [0, 0.1) is 0 Å². The summed E-state index contributed by atoms with van der Waals surface area (Å²) in [6, 6.07) is 14.0. The zero-order valence-corrected chi connectivity index (χ0v) is 16.9. The zero-order chi connectivity index (χ0) is 19.9. The van der Waals surface area contributed by atoms with E-state index in [2.05, 4.69) is 5.32 Å². The van der Waals surface area contributed by atoms with Gasteiger partial charge < -0.3 is 10.1 Å². The van der Waals surface area contributed by atoms with E-state index in [1.54, 1.807) is 36.4 Å². The standard InChI is InChI=1S/C19H23ClN2O4S/c1-26-18-6-3-5-17(13-18)22(27(2,24)25)12-4-7-19(23)21-14-15-8-10-16(20)11-9-15/h3,5-6,8-11,13H,4,7,12,14H2,1-2H3,(H,21,23). The Morgan fingerprint density at radius 2 is 1.89 bits per heavy atom. The maximum atomic E-state index is 12.1. The molecule has 1 amide bonds. The van der Waals surface area contributed by atoms with Crippen molar-refractivity contribution in [2.24, 2.45) is 0 Å². The molecule has 0 aliphatic rings. The molecule has 2 aromatic rings. The number of anilines is 1. The molecule has 2 aromatic carbocycles. The maximum absolute atomic E-state index is 12.1. The predicted molar refractivity (Wildman–Crippen MR) is 108 cm³/mol. The van der Waals surface area contributed by atoms with Gasteiger partial charge in [-0.05, 0) is 36.2 Å². The summed E-state index contributed by atoms with van der Waals surface area (Å²) < 4.78 is 30.7. The van der Waals surface area contributed by atoms with E-state index in [4.69, 9.17) is 16.3 Å². The molecule has 1 N–H and O–H groups in total. The lowest BCUT2D eigenvalue weighted by Gasteiger charge is -2.22. The second-order valence-corrected chi connectivity index (χ2v) is 8.39. The summed E-state index contributed by atoms with van der Waals surface area (Å²) in [5, 5.41) is 3.46. The number of nitrogens with one attached hydrogen (secondary N) is 1. The first-order valence-electron chi connectivity index (χ1n) is 8.42. The molecule has 0 unspecified atom stereocenters. The minimum absolute atomic E-state index is 0.135. The number of hydrogen-bond acceptors (Lipinski definition) is 4. The topological polar surface area (TPSA) is 75.7 Å². The van der Waals surface area contributed by atoms with Gasteiger partial charge in [-0.3, -0.25) is 9.10 Å². The van der Waals surface area contributed by atoms with E-state index < -0.39 is 10.0 Å². The molecule has 0 saturated carbocycles. The van der Waals surface area contributed by atoms with Gasteiger partial charge in [0.15, 0.2) is 0 Å². The van der Waals surface area contributed by atoms with Crippen LogP contribution in [0.3, 0.4) is 0 Å². The molecule has 2 rings (SSSR count). The Morgan fingerprint density at radius 3 is 2.52 bits per heavy atom. The van der Waals surface area contributed by atoms with E-state index in [1.165, 1.54) is 11.4 Å². The van der Waals surface area contributed by atoms with E-state index >= 15 is 0 Å². The number of hydrogen-bond donors (Lipinski definition) is 1. The van der Waals surface area contributed by atoms with E-state index in [-0.39, 0.29) is 18.9 Å². The van der Waals surface area contributed by atoms with E-state index in [0.29, 0.717) is 29.4 Å². The van der Waals surface area contributed by atoms with E-state index in [1.807, 2.05) is 12.1 Å². The second kappa shape index (κ2) is 9.62. The average Bonchev–Trinajstić information content (AvgIpc) is 2.63. The van der Waals surface area contributed by atoms with Gasteiger partial charge in [0.25, 0.3) is 0 Å². The number of carbonyl (C=O) groups is 1. The predicted octanol–water partition coefficient (Wildman–Crippen LogP) is 3.21. The second-order valence-electron chi connectivity index (χ2n) is 6.04. The molecule has 0 atom stereocenters. The normalized spacial score (nSPS) is 11.1. The molecule has 6 nitrogen and oxygen atoms in total. The Labute approximate surface area is 165 Å². The minimum Gasteiger partial charge on any atom is -0.497 e. The van der Waals surface area contributed by atoms with E-state index in [0.717, 1.165) is 11.8 Å². The smallest absolute Gasteiger partial charge is 0.232 e. The first-order chi connectivity index (χ1) is 12.8. The van der Waals surface area contributed by atoms with Crippen molar-refractivity contribution in [3.05, 3.63) is 59.1 Å². The number of rotatable bonds is 9. The fourth-order valence-corrected chi connectivity index (χ4v) is 3.61. The fourth-order valence-electron chi connectivity index (χ4n) is 2.53. The lowest BCUT2D eigenvalue weighted by atomic mass is 10.2. The largest absolute Gasteiger partial charge is 0.497 e. The van der Waals surface area contributed by atoms with Crippen molar-refractivity contribution < 1.29 is 17.9 Å². The van der Waals surface area contributed by atoms with Crippen molar-refractivity contribution in [3.8, 4) is 5.75 Å². The molecule has 0 heterocycles. The highest BCUT2D eigenvalue weighted by Gasteiger charge is 2.18. The first kappa shape index (κ1) is 21.1. The van der Waals surface area contributed by atoms with Crippen LogP contribution in [0.15, 0.2) is 48.5 Å². The van der Waals surface area contributed by atoms with Crippen molar-refractivity contribution in [2.75, 3.05) is 24.2 Å². The van der Waals surface area contributed by atoms with Gasteiger partial charge in [0.1, 0.15) is 5.75 Å². The van der Waals surface area contributed by atoms with Crippen LogP contribution < -0.4 is 14.4 Å². The third-order valence-electron chi connectivity index (χ3n) is 3.91. The van der Waals surface area contributed by atoms with Gasteiger partial charge in [-0.1, -0.05) is 29.8 Å². The Hall–Kier alpha value is -2.25. The summed E-state index contributed by atoms with van der Waals surface area (Å²) in [6.07, 6.45) is 1.77. The summed E-state index contributed by atoms with van der Waals surface area (Å²) in [7, 11) is -1.94. The molecule has 0 aliphatic heterocycles. The number of ether oxygens (including phenoxy) is 1. The summed E-state index contributed by atoms with van der Waals surface area (Å²) in [4.78, 5) is 12.0. The van der Waals surface area contributed by atoms with Gasteiger partial charge >= 0.3 is 0 Å². The van der Waals surface area contributed by atoms with Crippen molar-refractivity contribution in [3.63, 3.8) is 0 Å². The van der Waals surface area contributed by atoms with Crippen LogP contribution in [-0.4, -0.2) is 34.2 Å². The number of methoxy groups -OCH3 is 1. The third-order valence-corrected chi connectivity index (χ3v) is 5.36. The van der Waals surface area contributed by atoms with Gasteiger partial charge in [-0.25, -0.2) is 8.42 Å². The lowest BCUT2D eigenvalue weighted by Crippen LogP contribution is -2.32. The van der Waals surface area contributed by atoms with Crippen molar-refractivity contribution in [1.29, 1.82) is 0 Å². The Kier molecular flexibility index (Phi) is 7.50. The van der Waals surface area contributed by atoms with E-state index in [9.17, 15) is 13.2 Å². The molecule has 0 spiro atoms. The number of halogens is 1. The lowest BCUT2D eigenvalue weighted by molar-refractivity contribution is -0.121. The van der Waals surface area contributed by atoms with Gasteiger partial charge in [0, 0.05) is 30.6 Å². The van der Waals surface area contributed by atoms with Gasteiger partial charge in [0.05, 0.1) is 19.1 Å². The maximum Gasteiger partial charge on any atom is 0.232 e. The molecule has 0 aromatic heterocycles. The first-order valence-corrected chi connectivity index (χ1v) is 10.6. The van der Waals surface area contributed by atoms with Crippen molar-refractivity contribution in [1.82, 2.24) is 5.32 Å². The molecular weight excluding hydrogens is 388 g/mol. The Balaban J connectivity index is 1.89. The van der Waals surface area contributed by atoms with Crippen molar-refractivity contribution in [2.45, 2.75) is 19.4 Å². The van der Waals surface area contributed by atoms with Crippen LogP contribution in [0.4, 0.5) is 5.69 Å². The summed E-state index contributed by atoms with van der Waals surface area (Å²) in [5.41, 5.74) is 1.46. The highest BCUT2D eigenvalue weighted by molar-refractivity contribution is 7.92. The average molecular weight is 411 g/mol. The Bertz CT molecular complexity index is 870. The number of benzene rings is 2. The fraction of sp³-hybridized carbons (Fsp3) is 0.316. The summed E-state index contributed by atoms with van der Waals surface area (Å²) in [5.74, 6) is 0.436. The molecule has 0 bridgehead atoms. The SMILES string of the molecule is COc1cccc(N(CCCC(=O)NCc2ccc(Cl)cc2)S(C)(=O)=O)c1. The number of sulfonamides is 1. The van der Waals surface area contributed by atoms with Crippen LogP contribution in [0.1, 0.15) is 18.4 Å². The molecule has 0 saturated heterocycles. The van der Waals surface area contributed by atoms with Crippen LogP contribution in [0.5, 0.6) is 5.75 Å². The molecule has 8 heteroatoms. The molecule has 27 heavy (non-hydrogen) atoms. The monoisotopic (exact) mass is 410 g/mol. The third kappa shape index (κ3) is 6.77. The molecule has 0 fully saturated rings. The molecule has 0 radical (unpaired) electrons. The molecular formula is C19H23ClN2O4S. The highest BCUT2D eigenvalue weighted by atomic mass is 35.5. The summed E-state index contributed by atoms with van der Waals surface area (Å²) >= 11 is 5.83. The van der Waals surface area contributed by atoms with Crippen LogP contribution >= 0.6 is 11.6 Å². The van der Waals surface area contributed by atoms with Crippen molar-refractivity contribution >= 4 is 33.2 Å². The zero-order valence-electron chi connectivity index (χ0n) is 15.3. The summed E-state index contributed by atoms with van der Waals surface area (Å²) in [6.45, 7) is 0.613. The quantitative estimate of drug-likeness (QED) is 0.688. The Morgan fingerprint density at radius 1 is 1.19 bits per heavy atom. The molecule has 0 aliphatic carbocycles. The van der Waals surface area contributed by atoms with Gasteiger partial charge in [-0.15, -0.1) is 0 Å². The van der Waals surface area contributed by atoms with Crippen LogP contribution in [-0.2, 0) is 21.4 Å². The molecule has 146 valence electrons. The van der Waals surface area contributed by atoms with Crippen LogP contribution in [0.2, 0.25) is 5.02 Å². The van der Waals surface area contributed by atoms with Crippen LogP contribution in [0.25, 0.3) is 0 Å². The number of amides is 1. The number of carbonyl (C=O) groups excluding carboxylic acids is 1. The van der Waals surface area contributed by atoms with Gasteiger partial charge in [-0.2, -0.15) is 0 Å².